The van der Waals surface area contributed by atoms with E-state index in [1.165, 1.54) is 0 Å². The quantitative estimate of drug-likeness (QED) is 0.835. The number of nitrogens with one attached hydrogen (secondary N) is 1. The number of hydrogen-bond donors (Lipinski definition) is 1. The van der Waals surface area contributed by atoms with E-state index in [2.05, 4.69) is 5.32 Å². The Hall–Kier alpha value is -0.740. The Labute approximate surface area is 104 Å². The third kappa shape index (κ3) is 5.41. The van der Waals surface area contributed by atoms with E-state index >= 15 is 0 Å². The van der Waals surface area contributed by atoms with Gasteiger partial charge in [-0.3, -0.25) is 0 Å². The van der Waals surface area contributed by atoms with Gasteiger partial charge >= 0.3 is 6.18 Å². The molecule has 0 saturated carbocycles. The molecule has 0 heterocycles. The van der Waals surface area contributed by atoms with Crippen molar-refractivity contribution in [3.05, 3.63) is 34.9 Å². The van der Waals surface area contributed by atoms with Gasteiger partial charge in [0, 0.05) is 11.1 Å². The Morgan fingerprint density at radius 3 is 2.59 bits per heavy atom. The minimum Gasteiger partial charge on any atom is -0.310 e. The fourth-order valence-electron chi connectivity index (χ4n) is 1.58. The minimum absolute atomic E-state index is 0.452. The molecule has 1 unspecified atom stereocenters. The van der Waals surface area contributed by atoms with Gasteiger partial charge in [0.05, 0.1) is 6.42 Å². The van der Waals surface area contributed by atoms with Crippen LogP contribution in [0.15, 0.2) is 24.3 Å². The first-order chi connectivity index (χ1) is 7.92. The van der Waals surface area contributed by atoms with Crippen molar-refractivity contribution in [3.63, 3.8) is 0 Å². The molecule has 1 aromatic carbocycles. The number of rotatable bonds is 5. The largest absolute Gasteiger partial charge is 0.390 e. The maximum absolute atomic E-state index is 12.4. The summed E-state index contributed by atoms with van der Waals surface area (Å²) in [6, 6.07) is 5.81. The Kier molecular flexibility index (Phi) is 5.28. The molecule has 96 valence electrons. The maximum atomic E-state index is 12.4. The Bertz CT molecular complexity index is 352. The second-order valence-corrected chi connectivity index (χ2v) is 4.32. The van der Waals surface area contributed by atoms with Gasteiger partial charge in [0.1, 0.15) is 0 Å². The lowest BCUT2D eigenvalue weighted by Crippen LogP contribution is -2.27. The third-order valence-corrected chi connectivity index (χ3v) is 2.56. The molecule has 0 fully saturated rings. The van der Waals surface area contributed by atoms with Gasteiger partial charge in [-0.15, -0.1) is 0 Å². The fourth-order valence-corrected chi connectivity index (χ4v) is 1.78. The van der Waals surface area contributed by atoms with E-state index in [0.29, 0.717) is 17.1 Å². The van der Waals surface area contributed by atoms with Crippen LogP contribution in [0.2, 0.25) is 5.02 Å². The second kappa shape index (κ2) is 6.26. The van der Waals surface area contributed by atoms with Crippen molar-refractivity contribution in [1.82, 2.24) is 5.32 Å². The first-order valence-electron chi connectivity index (χ1n) is 5.48. The highest BCUT2D eigenvalue weighted by molar-refractivity contribution is 6.30. The molecule has 1 atom stereocenters. The molecule has 0 spiro atoms. The summed E-state index contributed by atoms with van der Waals surface area (Å²) in [4.78, 5) is 0. The van der Waals surface area contributed by atoms with Crippen LogP contribution >= 0.6 is 11.6 Å². The highest BCUT2D eigenvalue weighted by atomic mass is 35.5. The predicted molar refractivity (Wildman–Crippen MR) is 63.2 cm³/mol. The summed E-state index contributed by atoms with van der Waals surface area (Å²) in [6.07, 6.45) is -4.28. The van der Waals surface area contributed by atoms with Gasteiger partial charge in [-0.05, 0) is 30.7 Å². The van der Waals surface area contributed by atoms with Crippen LogP contribution in [-0.2, 0) is 0 Å². The average molecular weight is 266 g/mol. The molecule has 1 rings (SSSR count). The zero-order chi connectivity index (χ0) is 12.9. The average Bonchev–Trinajstić information content (AvgIpc) is 2.22. The number of benzene rings is 1. The molecule has 0 aliphatic carbocycles. The Balaban J connectivity index is 2.81. The van der Waals surface area contributed by atoms with Gasteiger partial charge in [0.2, 0.25) is 0 Å². The van der Waals surface area contributed by atoms with Crippen molar-refractivity contribution < 1.29 is 13.2 Å². The molecule has 0 amide bonds. The molecule has 0 aliphatic heterocycles. The lowest BCUT2D eigenvalue weighted by molar-refractivity contribution is -0.140. The van der Waals surface area contributed by atoms with Crippen LogP contribution in [0, 0.1) is 0 Å². The maximum Gasteiger partial charge on any atom is 0.390 e. The zero-order valence-electron chi connectivity index (χ0n) is 9.52. The molecular formula is C12H15ClF3N. The lowest BCUT2D eigenvalue weighted by atomic mass is 10.0. The molecule has 0 aromatic heterocycles. The van der Waals surface area contributed by atoms with Gasteiger partial charge in [-0.2, -0.15) is 13.2 Å². The van der Waals surface area contributed by atoms with Crippen LogP contribution in [0.4, 0.5) is 13.2 Å². The third-order valence-electron chi connectivity index (χ3n) is 2.33. The fraction of sp³-hybridized carbons (Fsp3) is 0.500. The standard InChI is InChI=1S/C12H15ClF3N/c1-2-6-17-11(8-12(14,15)16)9-4-3-5-10(13)7-9/h3-5,7,11,17H,2,6,8H2,1H3. The van der Waals surface area contributed by atoms with Crippen molar-refractivity contribution in [2.24, 2.45) is 0 Å². The molecular weight excluding hydrogens is 251 g/mol. The highest BCUT2D eigenvalue weighted by Gasteiger charge is 2.32. The first-order valence-corrected chi connectivity index (χ1v) is 5.86. The molecule has 1 N–H and O–H groups in total. The molecule has 0 bridgehead atoms. The van der Waals surface area contributed by atoms with E-state index in [9.17, 15) is 13.2 Å². The van der Waals surface area contributed by atoms with E-state index < -0.39 is 18.6 Å². The number of halogens is 4. The minimum atomic E-state index is -4.19. The van der Waals surface area contributed by atoms with E-state index in [1.807, 2.05) is 6.92 Å². The molecule has 0 radical (unpaired) electrons. The van der Waals surface area contributed by atoms with Crippen LogP contribution in [0.25, 0.3) is 0 Å². The van der Waals surface area contributed by atoms with Crippen LogP contribution < -0.4 is 5.32 Å². The van der Waals surface area contributed by atoms with Crippen LogP contribution in [0.5, 0.6) is 0 Å². The predicted octanol–water partition coefficient (Wildman–Crippen LogP) is 4.33. The van der Waals surface area contributed by atoms with Crippen molar-refractivity contribution in [1.29, 1.82) is 0 Å². The lowest BCUT2D eigenvalue weighted by Gasteiger charge is -2.20. The SMILES string of the molecule is CCCNC(CC(F)(F)F)c1cccc(Cl)c1. The normalized spacial score (nSPS) is 13.7. The van der Waals surface area contributed by atoms with Crippen molar-refractivity contribution >= 4 is 11.6 Å². The summed E-state index contributed by atoms with van der Waals surface area (Å²) in [5.74, 6) is 0. The summed E-state index contributed by atoms with van der Waals surface area (Å²) < 4.78 is 37.3. The topological polar surface area (TPSA) is 12.0 Å². The highest BCUT2D eigenvalue weighted by Crippen LogP contribution is 2.30. The molecule has 0 aliphatic rings. The van der Waals surface area contributed by atoms with Crippen molar-refractivity contribution in [2.75, 3.05) is 6.54 Å². The summed E-state index contributed by atoms with van der Waals surface area (Å²) in [7, 11) is 0. The van der Waals surface area contributed by atoms with Gasteiger partial charge < -0.3 is 5.32 Å². The van der Waals surface area contributed by atoms with Crippen molar-refractivity contribution in [3.8, 4) is 0 Å². The number of hydrogen-bond acceptors (Lipinski definition) is 1. The van der Waals surface area contributed by atoms with Crippen LogP contribution in [0.3, 0.4) is 0 Å². The van der Waals surface area contributed by atoms with Crippen LogP contribution in [0.1, 0.15) is 31.4 Å². The zero-order valence-corrected chi connectivity index (χ0v) is 10.3. The molecule has 0 saturated heterocycles. The van der Waals surface area contributed by atoms with E-state index in [-0.39, 0.29) is 0 Å². The molecule has 1 aromatic rings. The van der Waals surface area contributed by atoms with Crippen molar-refractivity contribution in [2.45, 2.75) is 32.0 Å². The molecule has 5 heteroatoms. The molecule has 17 heavy (non-hydrogen) atoms. The van der Waals surface area contributed by atoms with Gasteiger partial charge in [-0.25, -0.2) is 0 Å². The first kappa shape index (κ1) is 14.3. The van der Waals surface area contributed by atoms with Gasteiger partial charge in [-0.1, -0.05) is 30.7 Å². The van der Waals surface area contributed by atoms with E-state index in [0.717, 1.165) is 6.42 Å². The molecule has 1 nitrogen and oxygen atoms in total. The Morgan fingerprint density at radius 1 is 1.35 bits per heavy atom. The summed E-state index contributed by atoms with van der Waals surface area (Å²) >= 11 is 5.79. The smallest absolute Gasteiger partial charge is 0.310 e. The Morgan fingerprint density at radius 2 is 2.06 bits per heavy atom. The van der Waals surface area contributed by atoms with Crippen LogP contribution in [-0.4, -0.2) is 12.7 Å². The van der Waals surface area contributed by atoms with E-state index in [1.54, 1.807) is 24.3 Å². The summed E-state index contributed by atoms with van der Waals surface area (Å²) in [5.41, 5.74) is 0.572. The number of alkyl halides is 3. The summed E-state index contributed by atoms with van der Waals surface area (Å²) in [6.45, 7) is 2.46. The second-order valence-electron chi connectivity index (χ2n) is 3.88. The van der Waals surface area contributed by atoms with Gasteiger partial charge in [0.25, 0.3) is 0 Å². The monoisotopic (exact) mass is 265 g/mol. The summed E-state index contributed by atoms with van der Waals surface area (Å²) in [5, 5.41) is 3.34. The van der Waals surface area contributed by atoms with Gasteiger partial charge in [0.15, 0.2) is 0 Å². The van der Waals surface area contributed by atoms with E-state index in [4.69, 9.17) is 11.6 Å².